The third-order valence-corrected chi connectivity index (χ3v) is 5.75. The first kappa shape index (κ1) is 20.9. The predicted molar refractivity (Wildman–Crippen MR) is 97.4 cm³/mol. The number of rotatable bonds is 5. The Bertz CT molecular complexity index is 631. The number of benzene rings is 1. The van der Waals surface area contributed by atoms with E-state index in [1.54, 1.807) is 4.90 Å². The Balaban J connectivity index is 0.00000288. The molecule has 1 atom stereocenters. The monoisotopic (exact) mass is 375 g/mol. The van der Waals surface area contributed by atoms with Crippen LogP contribution in [0.15, 0.2) is 30.3 Å². The summed E-state index contributed by atoms with van der Waals surface area (Å²) < 4.78 is 25.1. The topological polar surface area (TPSA) is 83.7 Å². The Labute approximate surface area is 150 Å². The molecule has 0 spiro atoms. The van der Waals surface area contributed by atoms with Crippen molar-refractivity contribution in [3.05, 3.63) is 35.9 Å². The lowest BCUT2D eigenvalue weighted by Gasteiger charge is -2.37. The highest BCUT2D eigenvalue weighted by Crippen LogP contribution is 2.21. The fraction of sp³-hybridized carbons (Fsp3) is 0.562. The number of piperidine rings is 1. The second-order valence-corrected chi connectivity index (χ2v) is 7.85. The number of halogens is 1. The molecule has 1 aromatic rings. The number of carbonyl (C=O) groups is 1. The zero-order chi connectivity index (χ0) is 17.0. The normalized spacial score (nSPS) is 17.4. The van der Waals surface area contributed by atoms with Crippen molar-refractivity contribution in [3.8, 4) is 0 Å². The number of carbonyl (C=O) groups excluding carboxylic acids is 1. The Morgan fingerprint density at radius 3 is 2.29 bits per heavy atom. The predicted octanol–water partition coefficient (Wildman–Crippen LogP) is 1.38. The van der Waals surface area contributed by atoms with Crippen molar-refractivity contribution >= 4 is 28.3 Å². The third-order valence-electron chi connectivity index (χ3n) is 4.35. The molecule has 0 aliphatic carbocycles. The van der Waals surface area contributed by atoms with Crippen molar-refractivity contribution in [2.24, 2.45) is 5.73 Å². The number of likely N-dealkylation sites (tertiary alicyclic amines) is 1. The van der Waals surface area contributed by atoms with Crippen LogP contribution in [0.25, 0.3) is 0 Å². The van der Waals surface area contributed by atoms with E-state index in [2.05, 4.69) is 0 Å². The largest absolute Gasteiger partial charge is 0.341 e. The Morgan fingerprint density at radius 2 is 1.83 bits per heavy atom. The summed E-state index contributed by atoms with van der Waals surface area (Å²) in [5, 5.41) is 0. The molecule has 24 heavy (non-hydrogen) atoms. The molecule has 1 aliphatic heterocycles. The molecule has 1 unspecified atom stereocenters. The van der Waals surface area contributed by atoms with Gasteiger partial charge in [-0.15, -0.1) is 12.4 Å². The van der Waals surface area contributed by atoms with Crippen LogP contribution in [-0.4, -0.2) is 55.5 Å². The molecular weight excluding hydrogens is 350 g/mol. The van der Waals surface area contributed by atoms with Crippen molar-refractivity contribution < 1.29 is 13.2 Å². The minimum Gasteiger partial charge on any atom is -0.341 e. The first-order chi connectivity index (χ1) is 10.8. The van der Waals surface area contributed by atoms with Crippen molar-refractivity contribution in [3.63, 3.8) is 0 Å². The molecule has 1 amide bonds. The first-order valence-electron chi connectivity index (χ1n) is 7.90. The molecule has 2 rings (SSSR count). The summed E-state index contributed by atoms with van der Waals surface area (Å²) in [5.74, 6) is -0.0999. The molecule has 8 heteroatoms. The van der Waals surface area contributed by atoms with Crippen LogP contribution in [0, 0.1) is 0 Å². The summed E-state index contributed by atoms with van der Waals surface area (Å²) in [4.78, 5) is 14.3. The van der Waals surface area contributed by atoms with Gasteiger partial charge in [0.2, 0.25) is 15.9 Å². The van der Waals surface area contributed by atoms with Crippen LogP contribution in [0.5, 0.6) is 0 Å². The molecule has 0 aromatic heterocycles. The Hall–Kier alpha value is -1.15. The molecular formula is C16H26ClN3O3S. The Kier molecular flexibility index (Phi) is 7.66. The minimum absolute atomic E-state index is 0. The van der Waals surface area contributed by atoms with E-state index in [9.17, 15) is 13.2 Å². The van der Waals surface area contributed by atoms with Gasteiger partial charge in [-0.1, -0.05) is 37.3 Å². The maximum atomic E-state index is 12.5. The van der Waals surface area contributed by atoms with E-state index < -0.39 is 16.1 Å². The summed E-state index contributed by atoms with van der Waals surface area (Å²) in [6.45, 7) is 3.37. The van der Waals surface area contributed by atoms with Crippen LogP contribution < -0.4 is 5.73 Å². The number of amides is 1. The second-order valence-electron chi connectivity index (χ2n) is 5.91. The van der Waals surface area contributed by atoms with E-state index in [-0.39, 0.29) is 24.4 Å². The van der Waals surface area contributed by atoms with Gasteiger partial charge in [0.25, 0.3) is 0 Å². The van der Waals surface area contributed by atoms with Gasteiger partial charge in [0.1, 0.15) is 6.04 Å². The maximum Gasteiger partial charge on any atom is 0.244 e. The highest BCUT2D eigenvalue weighted by atomic mass is 35.5. The SMILES string of the molecule is CCN(C1CCN(C(=O)C(N)c2ccccc2)CC1)S(C)(=O)=O.Cl. The molecule has 136 valence electrons. The van der Waals surface area contributed by atoms with Crippen LogP contribution in [0.1, 0.15) is 31.4 Å². The van der Waals surface area contributed by atoms with Crippen LogP contribution in [0.2, 0.25) is 0 Å². The van der Waals surface area contributed by atoms with Crippen molar-refractivity contribution in [2.75, 3.05) is 25.9 Å². The lowest BCUT2D eigenvalue weighted by Crippen LogP contribution is -2.50. The lowest BCUT2D eigenvalue weighted by molar-refractivity contribution is -0.134. The average Bonchev–Trinajstić information content (AvgIpc) is 2.54. The summed E-state index contributed by atoms with van der Waals surface area (Å²) in [5.41, 5.74) is 6.86. The quantitative estimate of drug-likeness (QED) is 0.842. The van der Waals surface area contributed by atoms with Crippen LogP contribution >= 0.6 is 12.4 Å². The third kappa shape index (κ3) is 4.92. The van der Waals surface area contributed by atoms with Crippen molar-refractivity contribution in [1.29, 1.82) is 0 Å². The fourth-order valence-electron chi connectivity index (χ4n) is 3.14. The van der Waals surface area contributed by atoms with Crippen molar-refractivity contribution in [1.82, 2.24) is 9.21 Å². The Morgan fingerprint density at radius 1 is 1.29 bits per heavy atom. The zero-order valence-corrected chi connectivity index (χ0v) is 15.7. The molecule has 0 bridgehead atoms. The highest BCUT2D eigenvalue weighted by molar-refractivity contribution is 7.88. The molecule has 1 saturated heterocycles. The first-order valence-corrected chi connectivity index (χ1v) is 9.75. The van der Waals surface area contributed by atoms with Gasteiger partial charge in [-0.3, -0.25) is 4.79 Å². The van der Waals surface area contributed by atoms with E-state index in [0.29, 0.717) is 32.5 Å². The lowest BCUT2D eigenvalue weighted by atomic mass is 10.0. The van der Waals surface area contributed by atoms with Gasteiger partial charge in [-0.05, 0) is 18.4 Å². The van der Waals surface area contributed by atoms with E-state index in [1.807, 2.05) is 37.3 Å². The van der Waals surface area contributed by atoms with E-state index in [1.165, 1.54) is 10.6 Å². The van der Waals surface area contributed by atoms with Gasteiger partial charge in [0.05, 0.1) is 6.26 Å². The van der Waals surface area contributed by atoms with Crippen LogP contribution in [0.4, 0.5) is 0 Å². The average molecular weight is 376 g/mol. The number of nitrogens with two attached hydrogens (primary N) is 1. The molecule has 1 heterocycles. The van der Waals surface area contributed by atoms with Gasteiger partial charge >= 0.3 is 0 Å². The number of hydrogen-bond acceptors (Lipinski definition) is 4. The molecule has 2 N–H and O–H groups in total. The van der Waals surface area contributed by atoms with Crippen LogP contribution in [-0.2, 0) is 14.8 Å². The molecule has 6 nitrogen and oxygen atoms in total. The van der Waals surface area contributed by atoms with Crippen molar-refractivity contribution in [2.45, 2.75) is 31.8 Å². The molecule has 1 aromatic carbocycles. The summed E-state index contributed by atoms with van der Waals surface area (Å²) in [6, 6.07) is 8.60. The smallest absolute Gasteiger partial charge is 0.244 e. The van der Waals surface area contributed by atoms with Gasteiger partial charge in [0.15, 0.2) is 0 Å². The zero-order valence-electron chi connectivity index (χ0n) is 14.1. The minimum atomic E-state index is -3.21. The summed E-state index contributed by atoms with van der Waals surface area (Å²) >= 11 is 0. The second kappa shape index (κ2) is 8.80. The summed E-state index contributed by atoms with van der Waals surface area (Å²) in [6.07, 6.45) is 2.53. The van der Waals surface area contributed by atoms with E-state index in [0.717, 1.165) is 5.56 Å². The summed E-state index contributed by atoms with van der Waals surface area (Å²) in [7, 11) is -3.21. The molecule has 0 radical (unpaired) electrons. The number of nitrogens with zero attached hydrogens (tertiary/aromatic N) is 2. The van der Waals surface area contributed by atoms with E-state index >= 15 is 0 Å². The fourth-order valence-corrected chi connectivity index (χ4v) is 4.36. The van der Waals surface area contributed by atoms with Gasteiger partial charge in [-0.25, -0.2) is 8.42 Å². The van der Waals surface area contributed by atoms with Gasteiger partial charge in [0, 0.05) is 25.7 Å². The van der Waals surface area contributed by atoms with Crippen LogP contribution in [0.3, 0.4) is 0 Å². The van der Waals surface area contributed by atoms with Gasteiger partial charge in [-0.2, -0.15) is 4.31 Å². The molecule has 0 saturated carbocycles. The highest BCUT2D eigenvalue weighted by Gasteiger charge is 2.32. The molecule has 1 aliphatic rings. The van der Waals surface area contributed by atoms with Gasteiger partial charge < -0.3 is 10.6 Å². The standard InChI is InChI=1S/C16H25N3O3S.ClH/c1-3-19(23(2,21)22)14-9-11-18(12-10-14)16(20)15(17)13-7-5-4-6-8-13;/h4-8,14-15H,3,9-12,17H2,1-2H3;1H. The van der Waals surface area contributed by atoms with E-state index in [4.69, 9.17) is 5.73 Å². The molecule has 1 fully saturated rings. The number of hydrogen-bond donors (Lipinski definition) is 1. The maximum absolute atomic E-state index is 12.5. The number of sulfonamides is 1.